The van der Waals surface area contributed by atoms with Gasteiger partial charge in [-0.15, -0.1) is 0 Å². The molecule has 5 amide bonds. The molecular formula is C38H56FN5O7. The number of ether oxygens (including phenoxy) is 1. The molecule has 6 unspecified atom stereocenters. The summed E-state index contributed by atoms with van der Waals surface area (Å²) in [6.45, 7) is 11.5. The lowest BCUT2D eigenvalue weighted by molar-refractivity contribution is -0.140. The van der Waals surface area contributed by atoms with E-state index in [-0.39, 0.29) is 25.4 Å². The second-order valence-corrected chi connectivity index (χ2v) is 14.8. The number of aliphatic hydroxyl groups is 1. The maximum absolute atomic E-state index is 14.9. The van der Waals surface area contributed by atoms with E-state index in [2.05, 4.69) is 21.3 Å². The summed E-state index contributed by atoms with van der Waals surface area (Å²) in [5, 5.41) is 21.2. The van der Waals surface area contributed by atoms with Crippen molar-refractivity contribution in [2.24, 2.45) is 5.41 Å². The fourth-order valence-corrected chi connectivity index (χ4v) is 5.39. The van der Waals surface area contributed by atoms with Crippen LogP contribution in [0.5, 0.6) is 0 Å². The first-order valence-corrected chi connectivity index (χ1v) is 17.2. The standard InChI is InChI=1S/C38H56FN5O7/c1-24(27-18-14-11-15-19-27)30(42-35(48)31(38(6,7)50)43-33(46)28(39)22-37(3,4)5)34(47)40-25(2)32(45)41-29(20-21-51-9)36(49)44(8)23-26-16-12-10-13-17-26/h10-19,24-25,28-31,50H,20-23H2,1-9H3,(H,40,47)(H,41,45)(H,42,48)(H,43,46). The minimum absolute atomic E-state index is 0.115. The maximum atomic E-state index is 14.9. The summed E-state index contributed by atoms with van der Waals surface area (Å²) < 4.78 is 20.0. The van der Waals surface area contributed by atoms with Gasteiger partial charge < -0.3 is 36.0 Å². The highest BCUT2D eigenvalue weighted by atomic mass is 19.1. The van der Waals surface area contributed by atoms with E-state index < -0.39 is 70.9 Å². The number of methoxy groups -OCH3 is 1. The van der Waals surface area contributed by atoms with Crippen LogP contribution < -0.4 is 21.3 Å². The number of nitrogens with zero attached hydrogens (tertiary/aromatic N) is 1. The molecule has 0 spiro atoms. The van der Waals surface area contributed by atoms with E-state index >= 15 is 0 Å². The molecule has 2 rings (SSSR count). The number of amides is 5. The molecule has 0 aromatic heterocycles. The Hall–Kier alpha value is -4.36. The molecule has 0 saturated carbocycles. The molecule has 13 heteroatoms. The van der Waals surface area contributed by atoms with Gasteiger partial charge in [0.2, 0.25) is 23.6 Å². The Bertz CT molecular complexity index is 1450. The molecule has 0 bridgehead atoms. The van der Waals surface area contributed by atoms with Gasteiger partial charge in [0.15, 0.2) is 6.17 Å². The van der Waals surface area contributed by atoms with Gasteiger partial charge in [-0.25, -0.2) is 4.39 Å². The number of carbonyl (C=O) groups excluding carboxylic acids is 5. The third-order valence-electron chi connectivity index (χ3n) is 8.35. The van der Waals surface area contributed by atoms with E-state index in [9.17, 15) is 33.5 Å². The Balaban J connectivity index is 2.28. The molecule has 0 aliphatic heterocycles. The molecule has 0 aliphatic carbocycles. The number of benzene rings is 2. The zero-order chi connectivity index (χ0) is 38.5. The highest BCUT2D eigenvalue weighted by Gasteiger charge is 2.40. The van der Waals surface area contributed by atoms with Gasteiger partial charge in [0.05, 0.1) is 5.60 Å². The third-order valence-corrected chi connectivity index (χ3v) is 8.35. The van der Waals surface area contributed by atoms with Crippen LogP contribution in [0.3, 0.4) is 0 Å². The number of rotatable bonds is 18. The summed E-state index contributed by atoms with van der Waals surface area (Å²) in [5.74, 6) is -4.37. The lowest BCUT2D eigenvalue weighted by Crippen LogP contribution is -2.63. The van der Waals surface area contributed by atoms with Gasteiger partial charge >= 0.3 is 0 Å². The smallest absolute Gasteiger partial charge is 0.255 e. The predicted molar refractivity (Wildman–Crippen MR) is 193 cm³/mol. The lowest BCUT2D eigenvalue weighted by atomic mass is 9.89. The number of likely N-dealkylation sites (N-methyl/N-ethyl adjacent to an activating group) is 1. The largest absolute Gasteiger partial charge is 0.388 e. The van der Waals surface area contributed by atoms with Gasteiger partial charge in [-0.3, -0.25) is 24.0 Å². The van der Waals surface area contributed by atoms with E-state index in [0.717, 1.165) is 5.56 Å². The van der Waals surface area contributed by atoms with Crippen LogP contribution in [0, 0.1) is 5.41 Å². The molecular weight excluding hydrogens is 657 g/mol. The van der Waals surface area contributed by atoms with Crippen LogP contribution >= 0.6 is 0 Å². The summed E-state index contributed by atoms with van der Waals surface area (Å²) in [6.07, 6.45) is -1.87. The molecule has 5 N–H and O–H groups in total. The normalized spacial score (nSPS) is 15.3. The number of hydrogen-bond acceptors (Lipinski definition) is 7. The first kappa shape index (κ1) is 42.8. The van der Waals surface area contributed by atoms with E-state index in [1.54, 1.807) is 65.1 Å². The molecule has 0 saturated heterocycles. The second kappa shape index (κ2) is 19.3. The van der Waals surface area contributed by atoms with Crippen molar-refractivity contribution in [2.45, 2.75) is 110 Å². The molecule has 2 aromatic rings. The Morgan fingerprint density at radius 3 is 1.90 bits per heavy atom. The van der Waals surface area contributed by atoms with Gasteiger partial charge in [-0.1, -0.05) is 88.4 Å². The number of hydrogen-bond donors (Lipinski definition) is 5. The SMILES string of the molecule is COCCC(NC(=O)C(C)NC(=O)C(NC(=O)C(NC(=O)C(F)CC(C)(C)C)C(C)(C)O)C(C)c1ccccc1)C(=O)N(C)Cc1ccccc1. The van der Waals surface area contributed by atoms with Crippen molar-refractivity contribution in [3.8, 4) is 0 Å². The number of carbonyl (C=O) groups is 5. The van der Waals surface area contributed by atoms with Crippen molar-refractivity contribution in [1.29, 1.82) is 0 Å². The minimum Gasteiger partial charge on any atom is -0.388 e. The van der Waals surface area contributed by atoms with Crippen molar-refractivity contribution < 1.29 is 38.2 Å². The van der Waals surface area contributed by atoms with Crippen LogP contribution in [0.25, 0.3) is 0 Å². The van der Waals surface area contributed by atoms with Crippen LogP contribution in [0.4, 0.5) is 4.39 Å². The van der Waals surface area contributed by atoms with Gasteiger partial charge in [0, 0.05) is 33.2 Å². The summed E-state index contributed by atoms with van der Waals surface area (Å²) >= 11 is 0. The van der Waals surface area contributed by atoms with Gasteiger partial charge in [-0.2, -0.15) is 0 Å². The zero-order valence-electron chi connectivity index (χ0n) is 31.3. The number of alkyl halides is 1. The predicted octanol–water partition coefficient (Wildman–Crippen LogP) is 2.99. The molecule has 0 heterocycles. The second-order valence-electron chi connectivity index (χ2n) is 14.8. The van der Waals surface area contributed by atoms with Gasteiger partial charge in [-0.05, 0) is 50.2 Å². The van der Waals surface area contributed by atoms with E-state index in [1.165, 1.54) is 32.8 Å². The fourth-order valence-electron chi connectivity index (χ4n) is 5.39. The van der Waals surface area contributed by atoms with Gasteiger partial charge in [0.25, 0.3) is 5.91 Å². The van der Waals surface area contributed by atoms with Gasteiger partial charge in [0.1, 0.15) is 24.2 Å². The van der Waals surface area contributed by atoms with Crippen molar-refractivity contribution in [3.63, 3.8) is 0 Å². The molecule has 282 valence electrons. The third kappa shape index (κ3) is 14.1. The van der Waals surface area contributed by atoms with Crippen LogP contribution in [0.1, 0.15) is 78.4 Å². The van der Waals surface area contributed by atoms with E-state index in [4.69, 9.17) is 4.74 Å². The quantitative estimate of drug-likeness (QED) is 0.158. The van der Waals surface area contributed by atoms with Crippen molar-refractivity contribution in [2.75, 3.05) is 20.8 Å². The first-order valence-electron chi connectivity index (χ1n) is 17.2. The average Bonchev–Trinajstić information content (AvgIpc) is 3.06. The zero-order valence-corrected chi connectivity index (χ0v) is 31.3. The molecule has 51 heavy (non-hydrogen) atoms. The fraction of sp³-hybridized carbons (Fsp3) is 0.553. The van der Waals surface area contributed by atoms with Crippen LogP contribution in [0.2, 0.25) is 0 Å². The van der Waals surface area contributed by atoms with Crippen LogP contribution in [-0.2, 0) is 35.3 Å². The maximum Gasteiger partial charge on any atom is 0.255 e. The highest BCUT2D eigenvalue weighted by Crippen LogP contribution is 2.24. The Morgan fingerprint density at radius 1 is 0.804 bits per heavy atom. The van der Waals surface area contributed by atoms with E-state index in [0.29, 0.717) is 12.1 Å². The molecule has 6 atom stereocenters. The molecule has 0 fully saturated rings. The summed E-state index contributed by atoms with van der Waals surface area (Å²) in [7, 11) is 3.12. The molecule has 0 radical (unpaired) electrons. The van der Waals surface area contributed by atoms with Crippen LogP contribution in [0.15, 0.2) is 60.7 Å². The monoisotopic (exact) mass is 713 g/mol. The van der Waals surface area contributed by atoms with E-state index in [1.807, 2.05) is 30.3 Å². The Labute approximate surface area is 301 Å². The number of nitrogens with one attached hydrogen (secondary N) is 4. The number of halogens is 1. The molecule has 0 aliphatic rings. The van der Waals surface area contributed by atoms with Crippen LogP contribution in [-0.4, -0.2) is 96.2 Å². The summed E-state index contributed by atoms with van der Waals surface area (Å²) in [6, 6.07) is 13.2. The lowest BCUT2D eigenvalue weighted by Gasteiger charge is -2.33. The molecule has 2 aromatic carbocycles. The first-order chi connectivity index (χ1) is 23.7. The molecule has 12 nitrogen and oxygen atoms in total. The van der Waals surface area contributed by atoms with Crippen molar-refractivity contribution in [3.05, 3.63) is 71.8 Å². The van der Waals surface area contributed by atoms with Crippen molar-refractivity contribution in [1.82, 2.24) is 26.2 Å². The Morgan fingerprint density at radius 2 is 1.37 bits per heavy atom. The van der Waals surface area contributed by atoms with Crippen molar-refractivity contribution >= 4 is 29.5 Å². The topological polar surface area (TPSA) is 166 Å². The summed E-state index contributed by atoms with van der Waals surface area (Å²) in [5.41, 5.74) is -0.773. The Kier molecular flexibility index (Phi) is 16.2. The highest BCUT2D eigenvalue weighted by molar-refractivity contribution is 5.96. The average molecular weight is 714 g/mol. The summed E-state index contributed by atoms with van der Waals surface area (Å²) in [4.78, 5) is 68.6. The minimum atomic E-state index is -1.94.